The zero-order chi connectivity index (χ0) is 26.1. The zero-order valence-electron chi connectivity index (χ0n) is 20.6. The molecule has 0 amide bonds. The van der Waals surface area contributed by atoms with Crippen molar-refractivity contribution in [2.45, 2.75) is 65.0 Å². The van der Waals surface area contributed by atoms with Crippen LogP contribution in [0.15, 0.2) is 48.5 Å². The second kappa shape index (κ2) is 10.6. The van der Waals surface area contributed by atoms with Crippen LogP contribution in [0.3, 0.4) is 0 Å². The average Bonchev–Trinajstić information content (AvgIpc) is 3.13. The molecule has 0 bridgehead atoms. The van der Waals surface area contributed by atoms with Crippen LogP contribution in [0.5, 0.6) is 5.75 Å². The van der Waals surface area contributed by atoms with E-state index in [9.17, 15) is 21.6 Å². The Hall–Kier alpha value is -2.30. The zero-order valence-corrected chi connectivity index (χ0v) is 22.2. The highest BCUT2D eigenvalue weighted by Gasteiger charge is 2.32. The topological polar surface area (TPSA) is 49.9 Å². The summed E-state index contributed by atoms with van der Waals surface area (Å²) < 4.78 is 71.7. The molecule has 0 aliphatic carbocycles. The Kier molecular flexibility index (Phi) is 7.87. The number of hydrogen-bond donors (Lipinski definition) is 0. The molecule has 0 saturated carbocycles. The molecule has 4 rings (SSSR count). The fourth-order valence-corrected chi connectivity index (χ4v) is 7.87. The molecule has 1 fully saturated rings. The predicted molar refractivity (Wildman–Crippen MR) is 139 cm³/mol. The minimum Gasteiger partial charge on any atom is -0.406 e. The van der Waals surface area contributed by atoms with Crippen molar-refractivity contribution >= 4 is 36.4 Å². The van der Waals surface area contributed by atoms with E-state index in [0.717, 1.165) is 34.9 Å². The molecule has 0 N–H and O–H groups in total. The number of sulfonamides is 1. The number of alkyl halides is 3. The number of nitrogens with zero attached hydrogens (tertiary/aromatic N) is 2. The summed E-state index contributed by atoms with van der Waals surface area (Å²) in [7, 11) is -3.74. The van der Waals surface area contributed by atoms with Gasteiger partial charge in [0, 0.05) is 23.3 Å². The quantitative estimate of drug-likeness (QED) is 0.319. The van der Waals surface area contributed by atoms with Crippen molar-refractivity contribution in [3.63, 3.8) is 0 Å². The number of benzene rings is 2. The molecule has 1 aliphatic heterocycles. The third-order valence-electron chi connectivity index (χ3n) is 6.85. The van der Waals surface area contributed by atoms with Crippen molar-refractivity contribution in [3.05, 3.63) is 59.7 Å². The van der Waals surface area contributed by atoms with Gasteiger partial charge in [0.15, 0.2) is 0 Å². The first-order valence-corrected chi connectivity index (χ1v) is 14.5. The van der Waals surface area contributed by atoms with Crippen LogP contribution in [0.1, 0.15) is 44.2 Å². The first kappa shape index (κ1) is 26.8. The van der Waals surface area contributed by atoms with Crippen LogP contribution < -0.4 is 9.04 Å². The van der Waals surface area contributed by atoms with E-state index in [1.807, 2.05) is 31.2 Å². The third-order valence-corrected chi connectivity index (χ3v) is 9.94. The maximum Gasteiger partial charge on any atom is 0.573 e. The summed E-state index contributed by atoms with van der Waals surface area (Å²) >= 11 is 1.41. The Labute approximate surface area is 214 Å². The van der Waals surface area contributed by atoms with Gasteiger partial charge in [0.25, 0.3) is 0 Å². The summed E-state index contributed by atoms with van der Waals surface area (Å²) in [6, 6.07) is 13.8. The summed E-state index contributed by atoms with van der Waals surface area (Å²) in [6.45, 7) is 6.64. The fourth-order valence-electron chi connectivity index (χ4n) is 4.90. The van der Waals surface area contributed by atoms with Crippen LogP contribution in [-0.4, -0.2) is 44.1 Å². The Morgan fingerprint density at radius 1 is 1.06 bits per heavy atom. The maximum absolute atomic E-state index is 13.8. The van der Waals surface area contributed by atoms with E-state index in [1.54, 1.807) is 0 Å². The number of fused-ring (bicyclic) bond motifs is 1. The number of piperidine rings is 1. The van der Waals surface area contributed by atoms with Crippen LogP contribution in [0, 0.1) is 6.92 Å². The molecule has 0 spiro atoms. The number of halogens is 3. The van der Waals surface area contributed by atoms with Crippen LogP contribution in [0.25, 0.3) is 10.1 Å². The molecular formula is C26H31F3N2O3S2. The normalized spacial score (nSPS) is 19.5. The number of anilines is 1. The number of thiophene rings is 1. The summed E-state index contributed by atoms with van der Waals surface area (Å²) in [5, 5.41) is 1.62. The summed E-state index contributed by atoms with van der Waals surface area (Å²) in [6.07, 6.45) is -1.54. The lowest BCUT2D eigenvalue weighted by molar-refractivity contribution is -0.274. The van der Waals surface area contributed by atoms with E-state index in [-0.39, 0.29) is 18.0 Å². The molecule has 1 saturated heterocycles. The standard InChI is InChI=1S/C26H31F3N2O3S2/c1-18-7-6-8-19(2)30(18)15-16-36(32,33)31(25-20(3)23-9-4-5-10-24(23)35-25)17-21-11-13-22(14-12-21)34-26(27,28)29/h4-5,9-14,18-19H,6-8,15-17H2,1-3H3. The molecule has 1 aliphatic rings. The van der Waals surface area contributed by atoms with Crippen molar-refractivity contribution in [3.8, 4) is 5.75 Å². The van der Waals surface area contributed by atoms with Crippen molar-refractivity contribution < 1.29 is 26.3 Å². The molecule has 2 heterocycles. The van der Waals surface area contributed by atoms with Gasteiger partial charge in [-0.25, -0.2) is 8.42 Å². The molecule has 1 aromatic heterocycles. The van der Waals surface area contributed by atoms with Crippen LogP contribution in [0.2, 0.25) is 0 Å². The monoisotopic (exact) mass is 540 g/mol. The average molecular weight is 541 g/mol. The first-order valence-electron chi connectivity index (χ1n) is 12.0. The number of ether oxygens (including phenoxy) is 1. The Morgan fingerprint density at radius 3 is 2.31 bits per heavy atom. The van der Waals surface area contributed by atoms with E-state index in [4.69, 9.17) is 0 Å². The van der Waals surface area contributed by atoms with Gasteiger partial charge in [-0.1, -0.05) is 36.8 Å². The molecule has 36 heavy (non-hydrogen) atoms. The highest BCUT2D eigenvalue weighted by atomic mass is 32.2. The van der Waals surface area contributed by atoms with E-state index < -0.39 is 16.4 Å². The molecule has 5 nitrogen and oxygen atoms in total. The summed E-state index contributed by atoms with van der Waals surface area (Å²) in [4.78, 5) is 2.26. The minimum atomic E-state index is -4.78. The number of hydrogen-bond acceptors (Lipinski definition) is 5. The van der Waals surface area contributed by atoms with Crippen molar-refractivity contribution in [2.75, 3.05) is 16.6 Å². The number of likely N-dealkylation sites (tertiary alicyclic amines) is 1. The third kappa shape index (κ3) is 6.15. The molecule has 0 radical (unpaired) electrons. The largest absolute Gasteiger partial charge is 0.573 e. The molecule has 2 aromatic carbocycles. The van der Waals surface area contributed by atoms with E-state index >= 15 is 0 Å². The lowest BCUT2D eigenvalue weighted by Crippen LogP contribution is -2.47. The maximum atomic E-state index is 13.8. The van der Waals surface area contributed by atoms with Gasteiger partial charge in [-0.05, 0) is 68.3 Å². The van der Waals surface area contributed by atoms with E-state index in [2.05, 4.69) is 23.5 Å². The van der Waals surface area contributed by atoms with Crippen molar-refractivity contribution in [1.29, 1.82) is 0 Å². The Balaban J connectivity index is 1.64. The summed E-state index contributed by atoms with van der Waals surface area (Å²) in [5.74, 6) is -0.378. The predicted octanol–water partition coefficient (Wildman–Crippen LogP) is 6.71. The van der Waals surface area contributed by atoms with E-state index in [1.165, 1.54) is 39.9 Å². The summed E-state index contributed by atoms with van der Waals surface area (Å²) in [5.41, 5.74) is 1.44. The van der Waals surface area contributed by atoms with Crippen molar-refractivity contribution in [2.24, 2.45) is 0 Å². The van der Waals surface area contributed by atoms with E-state index in [0.29, 0.717) is 29.2 Å². The first-order chi connectivity index (χ1) is 16.9. The lowest BCUT2D eigenvalue weighted by atomic mass is 9.98. The van der Waals surface area contributed by atoms with Crippen LogP contribution in [0.4, 0.5) is 18.2 Å². The van der Waals surface area contributed by atoms with Gasteiger partial charge < -0.3 is 4.74 Å². The smallest absolute Gasteiger partial charge is 0.406 e. The minimum absolute atomic E-state index is 0.0212. The second-order valence-electron chi connectivity index (χ2n) is 9.41. The molecule has 2 atom stereocenters. The molecular weight excluding hydrogens is 509 g/mol. The number of rotatable bonds is 8. The number of aryl methyl sites for hydroxylation is 1. The van der Waals surface area contributed by atoms with Gasteiger partial charge in [-0.3, -0.25) is 9.21 Å². The van der Waals surface area contributed by atoms with Gasteiger partial charge in [0.2, 0.25) is 10.0 Å². The van der Waals surface area contributed by atoms with Gasteiger partial charge in [0.05, 0.1) is 12.3 Å². The molecule has 2 unspecified atom stereocenters. The highest BCUT2D eigenvalue weighted by Crippen LogP contribution is 2.40. The van der Waals surface area contributed by atoms with Crippen LogP contribution >= 0.6 is 11.3 Å². The second-order valence-corrected chi connectivity index (χ2v) is 12.5. The van der Waals surface area contributed by atoms with Crippen LogP contribution in [-0.2, 0) is 16.6 Å². The highest BCUT2D eigenvalue weighted by molar-refractivity contribution is 7.93. The molecule has 196 valence electrons. The molecule has 10 heteroatoms. The van der Waals surface area contributed by atoms with Crippen molar-refractivity contribution in [1.82, 2.24) is 4.90 Å². The van der Waals surface area contributed by atoms with Gasteiger partial charge in [0.1, 0.15) is 10.8 Å². The Bertz CT molecular complexity index is 1280. The van der Waals surface area contributed by atoms with Gasteiger partial charge in [-0.15, -0.1) is 24.5 Å². The molecule has 3 aromatic rings. The SMILES string of the molecule is Cc1c(N(Cc2ccc(OC(F)(F)F)cc2)S(=O)(=O)CCN2C(C)CCCC2C)sc2ccccc12. The Morgan fingerprint density at radius 2 is 1.69 bits per heavy atom. The van der Waals surface area contributed by atoms with Gasteiger partial charge in [-0.2, -0.15) is 0 Å². The fraction of sp³-hybridized carbons (Fsp3) is 0.462. The van der Waals surface area contributed by atoms with Gasteiger partial charge >= 0.3 is 6.36 Å². The lowest BCUT2D eigenvalue weighted by Gasteiger charge is -2.39.